The smallest absolute Gasteiger partial charge is 0.325 e. The number of nitrogen functional groups attached to an aromatic ring is 1. The van der Waals surface area contributed by atoms with Gasteiger partial charge in [0.05, 0.1) is 17.1 Å². The number of aromatic nitrogens is 5. The van der Waals surface area contributed by atoms with Crippen molar-refractivity contribution in [3.8, 4) is 28.6 Å². The first-order valence-corrected chi connectivity index (χ1v) is 7.78. The number of carboxylic acid groups (broad SMARTS) is 1. The molecule has 3 aromatic heterocycles. The molecule has 3 aromatic rings. The predicted molar refractivity (Wildman–Crippen MR) is 93.9 cm³/mol. The van der Waals surface area contributed by atoms with Crippen LogP contribution in [0.5, 0.6) is 0 Å². The highest BCUT2D eigenvalue weighted by atomic mass is 16.4. The van der Waals surface area contributed by atoms with Crippen LogP contribution in [0, 0.1) is 25.2 Å². The van der Waals surface area contributed by atoms with E-state index in [2.05, 4.69) is 21.3 Å². The molecule has 3 heterocycles. The van der Waals surface area contributed by atoms with Gasteiger partial charge in [-0.1, -0.05) is 0 Å². The van der Waals surface area contributed by atoms with Gasteiger partial charge in [-0.2, -0.15) is 15.5 Å². The van der Waals surface area contributed by atoms with Gasteiger partial charge in [0.15, 0.2) is 0 Å². The number of hydrogen-bond acceptors (Lipinski definition) is 6. The molecule has 9 nitrogen and oxygen atoms in total. The van der Waals surface area contributed by atoms with E-state index < -0.39 is 5.97 Å². The minimum Gasteiger partial charge on any atom is -0.480 e. The maximum Gasteiger partial charge on any atom is 0.325 e. The standard InChI is InChI=1S/C17H17N7O2/c1-9-16(10(2)24(22-9)8-15(25)26)13-6-11(12(7-18)17(19)21-13)14-4-5-20-23(14)3/h4-6H,8H2,1-3H3,(H2,19,21)(H,25,26). The third kappa shape index (κ3) is 2.77. The summed E-state index contributed by atoms with van der Waals surface area (Å²) >= 11 is 0. The first-order chi connectivity index (χ1) is 12.3. The van der Waals surface area contributed by atoms with Crippen LogP contribution in [0.3, 0.4) is 0 Å². The maximum atomic E-state index is 11.0. The van der Waals surface area contributed by atoms with Crippen LogP contribution in [0.25, 0.3) is 22.5 Å². The summed E-state index contributed by atoms with van der Waals surface area (Å²) in [7, 11) is 1.77. The molecular weight excluding hydrogens is 334 g/mol. The Morgan fingerprint density at radius 1 is 1.42 bits per heavy atom. The average molecular weight is 351 g/mol. The van der Waals surface area contributed by atoms with E-state index in [-0.39, 0.29) is 17.9 Å². The summed E-state index contributed by atoms with van der Waals surface area (Å²) < 4.78 is 3.06. The van der Waals surface area contributed by atoms with Gasteiger partial charge in [0, 0.05) is 30.1 Å². The fourth-order valence-corrected chi connectivity index (χ4v) is 3.00. The topological polar surface area (TPSA) is 136 Å². The van der Waals surface area contributed by atoms with E-state index in [4.69, 9.17) is 10.8 Å². The molecule has 0 spiro atoms. The average Bonchev–Trinajstić information content (AvgIpc) is 3.10. The van der Waals surface area contributed by atoms with Crippen molar-refractivity contribution in [3.05, 3.63) is 35.3 Å². The molecule has 0 saturated heterocycles. The second-order valence-electron chi connectivity index (χ2n) is 5.86. The van der Waals surface area contributed by atoms with E-state index in [1.54, 1.807) is 43.9 Å². The Hall–Kier alpha value is -3.67. The molecule has 0 aliphatic heterocycles. The Balaban J connectivity index is 2.24. The lowest BCUT2D eigenvalue weighted by Gasteiger charge is -2.10. The fraction of sp³-hybridized carbons (Fsp3) is 0.235. The number of hydrogen-bond donors (Lipinski definition) is 2. The number of nitrogens with zero attached hydrogens (tertiary/aromatic N) is 6. The molecule has 0 aromatic carbocycles. The molecule has 0 radical (unpaired) electrons. The van der Waals surface area contributed by atoms with Crippen LogP contribution in [0.1, 0.15) is 17.0 Å². The second-order valence-corrected chi connectivity index (χ2v) is 5.86. The van der Waals surface area contributed by atoms with Crippen LogP contribution in [-0.2, 0) is 18.4 Å². The van der Waals surface area contributed by atoms with E-state index in [0.29, 0.717) is 28.2 Å². The third-order valence-corrected chi connectivity index (χ3v) is 4.18. The molecule has 132 valence electrons. The summed E-state index contributed by atoms with van der Waals surface area (Å²) in [4.78, 5) is 15.4. The lowest BCUT2D eigenvalue weighted by atomic mass is 10.0. The summed E-state index contributed by atoms with van der Waals surface area (Å²) in [6.45, 7) is 3.31. The normalized spacial score (nSPS) is 10.7. The zero-order valence-corrected chi connectivity index (χ0v) is 14.6. The molecular formula is C17H17N7O2. The highest BCUT2D eigenvalue weighted by molar-refractivity contribution is 5.80. The summed E-state index contributed by atoms with van der Waals surface area (Å²) in [5, 5.41) is 26.9. The zero-order chi connectivity index (χ0) is 19.0. The zero-order valence-electron chi connectivity index (χ0n) is 14.6. The Labute approximate surface area is 149 Å². The largest absolute Gasteiger partial charge is 0.480 e. The van der Waals surface area contributed by atoms with E-state index in [1.165, 1.54) is 4.68 Å². The van der Waals surface area contributed by atoms with Crippen LogP contribution >= 0.6 is 0 Å². The van der Waals surface area contributed by atoms with Crippen LogP contribution < -0.4 is 5.73 Å². The maximum absolute atomic E-state index is 11.0. The monoisotopic (exact) mass is 351 g/mol. The van der Waals surface area contributed by atoms with Gasteiger partial charge in [0.2, 0.25) is 0 Å². The predicted octanol–water partition coefficient (Wildman–Crippen LogP) is 1.50. The second kappa shape index (κ2) is 6.33. The van der Waals surface area contributed by atoms with Crippen LogP contribution in [0.2, 0.25) is 0 Å². The lowest BCUT2D eigenvalue weighted by molar-refractivity contribution is -0.137. The number of carboxylic acids is 1. The van der Waals surface area contributed by atoms with Gasteiger partial charge in [-0.05, 0) is 26.0 Å². The first-order valence-electron chi connectivity index (χ1n) is 7.78. The molecule has 0 atom stereocenters. The number of nitrogens with two attached hydrogens (primary N) is 1. The molecule has 0 amide bonds. The van der Waals surface area contributed by atoms with Crippen molar-refractivity contribution >= 4 is 11.8 Å². The number of rotatable bonds is 4. The van der Waals surface area contributed by atoms with Gasteiger partial charge in [0.25, 0.3) is 0 Å². The number of nitriles is 1. The molecule has 0 unspecified atom stereocenters. The van der Waals surface area contributed by atoms with Crippen molar-refractivity contribution in [1.82, 2.24) is 24.5 Å². The Kier molecular flexibility index (Phi) is 4.18. The summed E-state index contributed by atoms with van der Waals surface area (Å²) in [5.74, 6) is -0.879. The summed E-state index contributed by atoms with van der Waals surface area (Å²) in [5.41, 5.74) is 10.2. The van der Waals surface area contributed by atoms with Crippen molar-refractivity contribution < 1.29 is 9.90 Å². The minimum absolute atomic E-state index is 0.103. The number of anilines is 1. The van der Waals surface area contributed by atoms with Gasteiger partial charge >= 0.3 is 5.97 Å². The van der Waals surface area contributed by atoms with Crippen LogP contribution in [-0.4, -0.2) is 35.6 Å². The molecule has 3 N–H and O–H groups in total. The Morgan fingerprint density at radius 3 is 2.73 bits per heavy atom. The number of carbonyl (C=O) groups is 1. The Morgan fingerprint density at radius 2 is 2.15 bits per heavy atom. The van der Waals surface area contributed by atoms with Gasteiger partial charge in [-0.25, -0.2) is 4.98 Å². The molecule has 9 heteroatoms. The van der Waals surface area contributed by atoms with Crippen molar-refractivity contribution in [3.63, 3.8) is 0 Å². The van der Waals surface area contributed by atoms with E-state index in [9.17, 15) is 10.1 Å². The Bertz CT molecular complexity index is 1060. The van der Waals surface area contributed by atoms with Crippen molar-refractivity contribution in [1.29, 1.82) is 5.26 Å². The number of aliphatic carboxylic acids is 1. The molecule has 0 bridgehead atoms. The molecule has 0 saturated carbocycles. The lowest BCUT2D eigenvalue weighted by Crippen LogP contribution is -2.11. The van der Waals surface area contributed by atoms with Gasteiger partial charge in [-0.3, -0.25) is 14.2 Å². The molecule has 26 heavy (non-hydrogen) atoms. The highest BCUT2D eigenvalue weighted by Crippen LogP contribution is 2.33. The van der Waals surface area contributed by atoms with E-state index in [0.717, 1.165) is 5.69 Å². The SMILES string of the molecule is Cc1nn(CC(=O)O)c(C)c1-c1cc(-c2ccnn2C)c(C#N)c(N)n1. The van der Waals surface area contributed by atoms with Crippen LogP contribution in [0.4, 0.5) is 5.82 Å². The van der Waals surface area contributed by atoms with Crippen LogP contribution in [0.15, 0.2) is 18.3 Å². The molecule has 0 aliphatic carbocycles. The van der Waals surface area contributed by atoms with E-state index in [1.807, 2.05) is 0 Å². The summed E-state index contributed by atoms with van der Waals surface area (Å²) in [6.07, 6.45) is 1.63. The fourth-order valence-electron chi connectivity index (χ4n) is 3.00. The van der Waals surface area contributed by atoms with Gasteiger partial charge in [-0.15, -0.1) is 0 Å². The number of aryl methyl sites for hydroxylation is 2. The molecule has 0 fully saturated rings. The van der Waals surface area contributed by atoms with Gasteiger partial charge in [0.1, 0.15) is 24.0 Å². The van der Waals surface area contributed by atoms with Gasteiger partial charge < -0.3 is 10.8 Å². The first kappa shape index (κ1) is 17.2. The van der Waals surface area contributed by atoms with E-state index >= 15 is 0 Å². The molecule has 0 aliphatic rings. The third-order valence-electron chi connectivity index (χ3n) is 4.18. The van der Waals surface area contributed by atoms with Crippen molar-refractivity contribution in [2.45, 2.75) is 20.4 Å². The van der Waals surface area contributed by atoms with Crippen molar-refractivity contribution in [2.75, 3.05) is 5.73 Å². The quantitative estimate of drug-likeness (QED) is 0.727. The summed E-state index contributed by atoms with van der Waals surface area (Å²) in [6, 6.07) is 5.63. The van der Waals surface area contributed by atoms with Crippen molar-refractivity contribution in [2.24, 2.45) is 7.05 Å². The highest BCUT2D eigenvalue weighted by Gasteiger charge is 2.20. The number of pyridine rings is 1. The minimum atomic E-state index is -0.981. The molecule has 3 rings (SSSR count).